The van der Waals surface area contributed by atoms with Crippen molar-refractivity contribution in [3.63, 3.8) is 0 Å². The third-order valence-corrected chi connectivity index (χ3v) is 13.0. The highest BCUT2D eigenvalue weighted by Crippen LogP contribution is 2.58. The zero-order chi connectivity index (χ0) is 39.6. The maximum absolute atomic E-state index is 2.50. The van der Waals surface area contributed by atoms with Gasteiger partial charge in [-0.1, -0.05) is 208 Å². The van der Waals surface area contributed by atoms with Crippen LogP contribution in [0.25, 0.3) is 44.5 Å². The van der Waals surface area contributed by atoms with Crippen LogP contribution in [-0.4, -0.2) is 0 Å². The highest BCUT2D eigenvalue weighted by molar-refractivity contribution is 5.96. The van der Waals surface area contributed by atoms with Crippen LogP contribution in [0.4, 0.5) is 17.1 Å². The highest BCUT2D eigenvalue weighted by Gasteiger charge is 2.46. The van der Waals surface area contributed by atoms with Gasteiger partial charge in [-0.25, -0.2) is 0 Å². The summed E-state index contributed by atoms with van der Waals surface area (Å²) in [7, 11) is 0. The third-order valence-electron chi connectivity index (χ3n) is 13.0. The van der Waals surface area contributed by atoms with E-state index < -0.39 is 5.41 Å². The Morgan fingerprint density at radius 3 is 1.44 bits per heavy atom. The minimum absolute atomic E-state index is 0.144. The van der Waals surface area contributed by atoms with Crippen molar-refractivity contribution in [2.24, 2.45) is 0 Å². The van der Waals surface area contributed by atoms with Crippen LogP contribution in [0.3, 0.4) is 0 Å². The molecule has 9 aromatic rings. The summed E-state index contributed by atoms with van der Waals surface area (Å²) < 4.78 is 0. The molecule has 1 nitrogen and oxygen atoms in total. The van der Waals surface area contributed by atoms with Crippen LogP contribution in [0.2, 0.25) is 0 Å². The third kappa shape index (κ3) is 5.31. The second-order valence-electron chi connectivity index (χ2n) is 16.4. The van der Waals surface area contributed by atoms with Crippen LogP contribution >= 0.6 is 0 Å². The van der Waals surface area contributed by atoms with Gasteiger partial charge in [0.2, 0.25) is 0 Å². The highest BCUT2D eigenvalue weighted by atomic mass is 15.1. The lowest BCUT2D eigenvalue weighted by molar-refractivity contribution is 0.660. The normalized spacial score (nSPS) is 13.9. The van der Waals surface area contributed by atoms with Crippen LogP contribution in [-0.2, 0) is 10.8 Å². The standard InChI is InChI=1S/C58H43N/c1-57(2)52-31-17-14-28-47(52)49-36-34-44(39-55(49)57)59(56-33-19-16-30-50(56)46-27-13-12-26-45(46)40-20-6-3-7-21-40)43-35-37-54-51(38-43)48-29-15-18-32-53(48)58(54,41-22-8-4-9-23-41)42-24-10-5-11-25-42/h3-39H,1-2H3. The van der Waals surface area contributed by atoms with E-state index in [0.29, 0.717) is 0 Å². The van der Waals surface area contributed by atoms with Crippen molar-refractivity contribution in [3.8, 4) is 44.5 Å². The number of benzene rings is 9. The Morgan fingerprint density at radius 2 is 0.763 bits per heavy atom. The van der Waals surface area contributed by atoms with E-state index in [-0.39, 0.29) is 5.41 Å². The lowest BCUT2D eigenvalue weighted by atomic mass is 9.68. The van der Waals surface area contributed by atoms with Crippen LogP contribution in [0.15, 0.2) is 224 Å². The molecule has 0 N–H and O–H groups in total. The summed E-state index contributed by atoms with van der Waals surface area (Å²) in [5.41, 5.74) is 20.6. The Kier molecular flexibility index (Phi) is 8.13. The summed E-state index contributed by atoms with van der Waals surface area (Å²) in [5.74, 6) is 0. The Morgan fingerprint density at radius 1 is 0.305 bits per heavy atom. The zero-order valence-corrected chi connectivity index (χ0v) is 33.3. The predicted octanol–water partition coefficient (Wildman–Crippen LogP) is 15.2. The molecule has 9 aromatic carbocycles. The van der Waals surface area contributed by atoms with Crippen molar-refractivity contribution in [2.75, 3.05) is 4.90 Å². The van der Waals surface area contributed by atoms with Crippen molar-refractivity contribution >= 4 is 17.1 Å². The van der Waals surface area contributed by atoms with E-state index >= 15 is 0 Å². The van der Waals surface area contributed by atoms with Gasteiger partial charge in [-0.2, -0.15) is 0 Å². The number of anilines is 3. The fourth-order valence-electron chi connectivity index (χ4n) is 10.3. The zero-order valence-electron chi connectivity index (χ0n) is 33.3. The summed E-state index contributed by atoms with van der Waals surface area (Å²) >= 11 is 0. The molecule has 280 valence electrons. The molecular formula is C58H43N. The minimum atomic E-state index is -0.465. The van der Waals surface area contributed by atoms with E-state index in [4.69, 9.17) is 0 Å². The van der Waals surface area contributed by atoms with Gasteiger partial charge in [-0.3, -0.25) is 0 Å². The van der Waals surface area contributed by atoms with Crippen molar-refractivity contribution in [3.05, 3.63) is 258 Å². The van der Waals surface area contributed by atoms with Gasteiger partial charge in [0.1, 0.15) is 0 Å². The molecule has 0 radical (unpaired) electrons. The average molecular weight is 754 g/mol. The number of nitrogens with zero attached hydrogens (tertiary/aromatic N) is 1. The quantitative estimate of drug-likeness (QED) is 0.157. The monoisotopic (exact) mass is 753 g/mol. The molecule has 0 spiro atoms. The molecule has 0 unspecified atom stereocenters. The van der Waals surface area contributed by atoms with Crippen molar-refractivity contribution < 1.29 is 0 Å². The van der Waals surface area contributed by atoms with Gasteiger partial charge >= 0.3 is 0 Å². The summed E-state index contributed by atoms with van der Waals surface area (Å²) in [4.78, 5) is 2.50. The van der Waals surface area contributed by atoms with Crippen LogP contribution in [0, 0.1) is 0 Å². The molecule has 0 fully saturated rings. The minimum Gasteiger partial charge on any atom is -0.310 e. The van der Waals surface area contributed by atoms with Gasteiger partial charge in [0.25, 0.3) is 0 Å². The fourth-order valence-corrected chi connectivity index (χ4v) is 10.3. The van der Waals surface area contributed by atoms with E-state index in [2.05, 4.69) is 243 Å². The smallest absolute Gasteiger partial charge is 0.0713 e. The maximum atomic E-state index is 2.50. The first kappa shape index (κ1) is 35.0. The summed E-state index contributed by atoms with van der Waals surface area (Å²) in [6, 6.07) is 83.0. The molecule has 0 heterocycles. The molecule has 0 aliphatic heterocycles. The van der Waals surface area contributed by atoms with Gasteiger partial charge < -0.3 is 4.90 Å². The SMILES string of the molecule is CC1(C)c2ccccc2-c2ccc(N(c3ccc4c(c3)-c3ccccc3C4(c3ccccc3)c3ccccc3)c3ccccc3-c3ccccc3-c3ccccc3)cc21. The summed E-state index contributed by atoms with van der Waals surface area (Å²) in [6.07, 6.45) is 0. The van der Waals surface area contributed by atoms with Gasteiger partial charge in [0, 0.05) is 22.4 Å². The van der Waals surface area contributed by atoms with E-state index in [1.807, 2.05) is 0 Å². The Balaban J connectivity index is 1.18. The molecular weight excluding hydrogens is 711 g/mol. The number of hydrogen-bond donors (Lipinski definition) is 0. The number of hydrogen-bond acceptors (Lipinski definition) is 1. The van der Waals surface area contributed by atoms with E-state index in [1.54, 1.807) is 0 Å². The van der Waals surface area contributed by atoms with Crippen molar-refractivity contribution in [2.45, 2.75) is 24.7 Å². The average Bonchev–Trinajstić information content (AvgIpc) is 3.73. The van der Waals surface area contributed by atoms with Crippen molar-refractivity contribution in [1.29, 1.82) is 0 Å². The van der Waals surface area contributed by atoms with Gasteiger partial charge in [0.05, 0.1) is 11.1 Å². The predicted molar refractivity (Wildman–Crippen MR) is 247 cm³/mol. The van der Waals surface area contributed by atoms with Crippen LogP contribution in [0.1, 0.15) is 47.2 Å². The van der Waals surface area contributed by atoms with Gasteiger partial charge in [0.15, 0.2) is 0 Å². The molecule has 59 heavy (non-hydrogen) atoms. The Hall–Kier alpha value is -7.22. The first-order chi connectivity index (χ1) is 29.0. The second-order valence-corrected chi connectivity index (χ2v) is 16.4. The topological polar surface area (TPSA) is 3.24 Å². The number of para-hydroxylation sites is 1. The molecule has 0 atom stereocenters. The lowest BCUT2D eigenvalue weighted by Crippen LogP contribution is -2.28. The molecule has 0 saturated heterocycles. The first-order valence-corrected chi connectivity index (χ1v) is 20.7. The lowest BCUT2D eigenvalue weighted by Gasteiger charge is -2.34. The largest absolute Gasteiger partial charge is 0.310 e. The summed E-state index contributed by atoms with van der Waals surface area (Å²) in [5, 5.41) is 0. The Labute approximate surface area is 347 Å². The van der Waals surface area contributed by atoms with Gasteiger partial charge in [-0.05, 0) is 103 Å². The molecule has 0 saturated carbocycles. The van der Waals surface area contributed by atoms with Gasteiger partial charge in [-0.15, -0.1) is 0 Å². The molecule has 2 aliphatic carbocycles. The van der Waals surface area contributed by atoms with E-state index in [1.165, 1.54) is 77.9 Å². The van der Waals surface area contributed by atoms with Crippen molar-refractivity contribution in [1.82, 2.24) is 0 Å². The molecule has 0 amide bonds. The van der Waals surface area contributed by atoms with Crippen LogP contribution < -0.4 is 4.90 Å². The molecule has 2 aliphatic rings. The molecule has 1 heteroatoms. The first-order valence-electron chi connectivity index (χ1n) is 20.7. The van der Waals surface area contributed by atoms with E-state index in [9.17, 15) is 0 Å². The maximum Gasteiger partial charge on any atom is 0.0713 e. The number of fused-ring (bicyclic) bond motifs is 6. The molecule has 0 bridgehead atoms. The Bertz CT molecular complexity index is 2970. The number of rotatable bonds is 7. The van der Waals surface area contributed by atoms with Crippen LogP contribution in [0.5, 0.6) is 0 Å². The second kappa shape index (κ2) is 13.7. The summed E-state index contributed by atoms with van der Waals surface area (Å²) in [6.45, 7) is 4.74. The fraction of sp³-hybridized carbons (Fsp3) is 0.0690. The van der Waals surface area contributed by atoms with E-state index in [0.717, 1.165) is 17.1 Å². The molecule has 11 rings (SSSR count). The molecule has 0 aromatic heterocycles.